The Kier molecular flexibility index (Phi) is 3.38. The summed E-state index contributed by atoms with van der Waals surface area (Å²) in [6, 6.07) is 9.76. The number of carbonyl (C=O) groups is 1. The normalized spacial score (nSPS) is 34.6. The highest BCUT2D eigenvalue weighted by molar-refractivity contribution is 7.90. The molecule has 1 aromatic rings. The van der Waals surface area contributed by atoms with Crippen molar-refractivity contribution in [2.75, 3.05) is 6.54 Å². The van der Waals surface area contributed by atoms with Gasteiger partial charge in [-0.05, 0) is 30.2 Å². The van der Waals surface area contributed by atoms with Gasteiger partial charge in [0.15, 0.2) is 0 Å². The quantitative estimate of drug-likeness (QED) is 0.798. The molecule has 1 amide bonds. The molecule has 4 rings (SSSR count). The first-order valence-electron chi connectivity index (χ1n) is 8.26. The number of amides is 1. The summed E-state index contributed by atoms with van der Waals surface area (Å²) in [5.41, 5.74) is 1.06. The Labute approximate surface area is 137 Å². The van der Waals surface area contributed by atoms with Gasteiger partial charge in [-0.25, -0.2) is 12.7 Å². The highest BCUT2D eigenvalue weighted by Crippen LogP contribution is 2.51. The lowest BCUT2D eigenvalue weighted by atomic mass is 9.93. The van der Waals surface area contributed by atoms with Crippen LogP contribution in [0.25, 0.3) is 0 Å². The molecule has 3 aliphatic rings. The first kappa shape index (κ1) is 14.9. The molecule has 0 unspecified atom stereocenters. The van der Waals surface area contributed by atoms with Crippen LogP contribution >= 0.6 is 0 Å². The number of benzene rings is 1. The van der Waals surface area contributed by atoms with Gasteiger partial charge in [0.25, 0.3) is 0 Å². The van der Waals surface area contributed by atoms with Gasteiger partial charge < -0.3 is 0 Å². The van der Waals surface area contributed by atoms with E-state index >= 15 is 0 Å². The zero-order chi connectivity index (χ0) is 16.2. The van der Waals surface area contributed by atoms with Crippen LogP contribution in [0.15, 0.2) is 42.5 Å². The number of sulfonamides is 1. The molecule has 1 heterocycles. The van der Waals surface area contributed by atoms with Crippen LogP contribution in [-0.2, 0) is 21.2 Å². The highest BCUT2D eigenvalue weighted by Gasteiger charge is 2.59. The fourth-order valence-corrected chi connectivity index (χ4v) is 7.00. The molecule has 0 radical (unpaired) electrons. The van der Waals surface area contributed by atoms with Crippen molar-refractivity contribution in [3.05, 3.63) is 48.0 Å². The Balaban J connectivity index is 1.53. The molecule has 1 saturated heterocycles. The molecule has 1 aromatic carbocycles. The van der Waals surface area contributed by atoms with Crippen LogP contribution in [0.5, 0.6) is 0 Å². The van der Waals surface area contributed by atoms with Crippen LogP contribution in [0.1, 0.15) is 18.9 Å². The van der Waals surface area contributed by atoms with Crippen molar-refractivity contribution in [3.8, 4) is 0 Å². The molecule has 0 aromatic heterocycles. The average molecular weight is 331 g/mol. The summed E-state index contributed by atoms with van der Waals surface area (Å²) in [5.74, 6) is -0.0265. The molecule has 0 N–H and O–H groups in total. The van der Waals surface area contributed by atoms with Crippen molar-refractivity contribution in [1.82, 2.24) is 4.31 Å². The summed E-state index contributed by atoms with van der Waals surface area (Å²) in [4.78, 5) is 12.8. The van der Waals surface area contributed by atoms with Crippen LogP contribution in [-0.4, -0.2) is 30.4 Å². The summed E-state index contributed by atoms with van der Waals surface area (Å²) in [6.07, 6.45) is 5.69. The van der Waals surface area contributed by atoms with E-state index in [9.17, 15) is 13.2 Å². The molecule has 1 aliphatic heterocycles. The second kappa shape index (κ2) is 5.20. The molecule has 1 saturated carbocycles. The van der Waals surface area contributed by atoms with E-state index in [0.29, 0.717) is 18.9 Å². The van der Waals surface area contributed by atoms with Crippen molar-refractivity contribution in [1.29, 1.82) is 0 Å². The maximum absolute atomic E-state index is 12.8. The summed E-state index contributed by atoms with van der Waals surface area (Å²) < 4.78 is 26.9. The second-order valence-electron chi connectivity index (χ2n) is 7.08. The predicted molar refractivity (Wildman–Crippen MR) is 88.0 cm³/mol. The number of nitrogens with zero attached hydrogens (tertiary/aromatic N) is 1. The van der Waals surface area contributed by atoms with Gasteiger partial charge >= 0.3 is 0 Å². The molecule has 0 spiro atoms. The topological polar surface area (TPSA) is 54.5 Å². The lowest BCUT2D eigenvalue weighted by Crippen LogP contribution is -2.40. The fourth-order valence-electron chi connectivity index (χ4n) is 4.52. The minimum atomic E-state index is -3.50. The Morgan fingerprint density at radius 2 is 1.91 bits per heavy atom. The first-order chi connectivity index (χ1) is 11.0. The van der Waals surface area contributed by atoms with Crippen LogP contribution in [0.2, 0.25) is 0 Å². The molecule has 2 fully saturated rings. The van der Waals surface area contributed by atoms with Gasteiger partial charge in [-0.1, -0.05) is 49.4 Å². The largest absolute Gasteiger partial charge is 0.273 e. The number of fused-ring (bicyclic) bond motifs is 5. The number of allylic oxidation sites excluding steroid dienone is 2. The number of hydrogen-bond donors (Lipinski definition) is 0. The molecule has 5 atom stereocenters. The first-order valence-corrected chi connectivity index (χ1v) is 9.76. The maximum atomic E-state index is 12.8. The van der Waals surface area contributed by atoms with E-state index in [0.717, 1.165) is 12.0 Å². The molecular weight excluding hydrogens is 310 g/mol. The summed E-state index contributed by atoms with van der Waals surface area (Å²) in [7, 11) is -3.50. The Morgan fingerprint density at radius 3 is 2.61 bits per heavy atom. The summed E-state index contributed by atoms with van der Waals surface area (Å²) in [6.45, 7) is 2.20. The Bertz CT molecular complexity index is 756. The van der Waals surface area contributed by atoms with Gasteiger partial charge in [-0.2, -0.15) is 0 Å². The van der Waals surface area contributed by atoms with Gasteiger partial charge in [0.1, 0.15) is 0 Å². The van der Waals surface area contributed by atoms with Crippen LogP contribution in [0, 0.1) is 23.7 Å². The van der Waals surface area contributed by atoms with Crippen molar-refractivity contribution >= 4 is 15.9 Å². The SMILES string of the molecule is C[C@H](Cc1ccccc1)C(=O)N1C[C@H]2[C@H]([C@H]3C=C[C@@H]2C3)S1(=O)=O. The van der Waals surface area contributed by atoms with Crippen molar-refractivity contribution in [2.45, 2.75) is 25.0 Å². The predicted octanol–water partition coefficient (Wildman–Crippen LogP) is 2.23. The van der Waals surface area contributed by atoms with Crippen LogP contribution in [0.4, 0.5) is 0 Å². The van der Waals surface area contributed by atoms with Crippen LogP contribution in [0.3, 0.4) is 0 Å². The lowest BCUT2D eigenvalue weighted by molar-refractivity contribution is -0.130. The molecule has 2 bridgehead atoms. The Hall–Kier alpha value is -1.62. The monoisotopic (exact) mass is 331 g/mol. The van der Waals surface area contributed by atoms with Crippen molar-refractivity contribution in [2.24, 2.45) is 23.7 Å². The van der Waals surface area contributed by atoms with Gasteiger partial charge in [0, 0.05) is 18.4 Å². The summed E-state index contributed by atoms with van der Waals surface area (Å²) in [5, 5.41) is -0.370. The smallest absolute Gasteiger partial charge is 0.241 e. The molecule has 4 nitrogen and oxygen atoms in total. The van der Waals surface area contributed by atoms with Crippen LogP contribution < -0.4 is 0 Å². The van der Waals surface area contributed by atoms with E-state index in [1.807, 2.05) is 43.3 Å². The third-order valence-corrected chi connectivity index (χ3v) is 7.95. The molecule has 5 heteroatoms. The van der Waals surface area contributed by atoms with Crippen molar-refractivity contribution in [3.63, 3.8) is 0 Å². The minimum absolute atomic E-state index is 0.0999. The lowest BCUT2D eigenvalue weighted by Gasteiger charge is -2.22. The zero-order valence-corrected chi connectivity index (χ0v) is 13.9. The zero-order valence-electron chi connectivity index (χ0n) is 13.1. The van der Waals surface area contributed by atoms with E-state index in [-0.39, 0.29) is 28.9 Å². The van der Waals surface area contributed by atoms with Gasteiger partial charge in [-0.15, -0.1) is 0 Å². The standard InChI is InChI=1S/C18H21NO3S/c1-12(9-13-5-3-2-4-6-13)18(20)19-11-16-14-7-8-15(10-14)17(16)23(19,21)22/h2-8,12,14-17H,9-11H2,1H3/t12-,14-,15+,16-,17+/m1/s1. The number of hydrogen-bond acceptors (Lipinski definition) is 3. The Morgan fingerprint density at radius 1 is 1.22 bits per heavy atom. The molecule has 122 valence electrons. The fraction of sp³-hybridized carbons (Fsp3) is 0.500. The number of carbonyl (C=O) groups excluding carboxylic acids is 1. The maximum Gasteiger partial charge on any atom is 0.241 e. The van der Waals surface area contributed by atoms with Gasteiger partial charge in [0.05, 0.1) is 5.25 Å². The van der Waals surface area contributed by atoms with E-state index in [4.69, 9.17) is 0 Å². The van der Waals surface area contributed by atoms with E-state index in [1.54, 1.807) is 0 Å². The van der Waals surface area contributed by atoms with E-state index in [2.05, 4.69) is 6.08 Å². The second-order valence-corrected chi connectivity index (χ2v) is 9.10. The van der Waals surface area contributed by atoms with E-state index in [1.165, 1.54) is 4.31 Å². The summed E-state index contributed by atoms with van der Waals surface area (Å²) >= 11 is 0. The minimum Gasteiger partial charge on any atom is -0.273 e. The van der Waals surface area contributed by atoms with Gasteiger partial charge in [-0.3, -0.25) is 4.79 Å². The molecular formula is C18H21NO3S. The third kappa shape index (κ3) is 2.24. The third-order valence-electron chi connectivity index (χ3n) is 5.62. The number of rotatable bonds is 3. The molecule has 23 heavy (non-hydrogen) atoms. The highest BCUT2D eigenvalue weighted by atomic mass is 32.2. The molecule has 2 aliphatic carbocycles. The van der Waals surface area contributed by atoms with E-state index < -0.39 is 10.0 Å². The van der Waals surface area contributed by atoms with Crippen molar-refractivity contribution < 1.29 is 13.2 Å². The van der Waals surface area contributed by atoms with Gasteiger partial charge in [0.2, 0.25) is 15.9 Å². The average Bonchev–Trinajstić information content (AvgIpc) is 3.20.